The SMILES string of the molecule is CC[Si](CC)(CC)O[C@H](C)[C@H]1C(=O)N(CC(=O)OCc2ccc([N+](=O)[O-])cc2)[C@@H]1[C@@H](C)C(=O)Sc1ccccc1. The molecule has 11 heteroatoms. The number of benzene rings is 2. The Balaban J connectivity index is 1.74. The van der Waals surface area contributed by atoms with Crippen molar-refractivity contribution in [2.24, 2.45) is 11.8 Å². The molecule has 4 atom stereocenters. The van der Waals surface area contributed by atoms with Gasteiger partial charge in [-0.05, 0) is 54.9 Å². The van der Waals surface area contributed by atoms with E-state index < -0.39 is 37.1 Å². The number of β-lactam (4-membered cyclic amide) rings is 1. The first-order valence-corrected chi connectivity index (χ1v) is 17.0. The Hall–Kier alpha value is -3.02. The van der Waals surface area contributed by atoms with Crippen LogP contribution in [0, 0.1) is 22.0 Å². The Kier molecular flexibility index (Phi) is 11.1. The Morgan fingerprint density at radius 1 is 1.02 bits per heavy atom. The summed E-state index contributed by atoms with van der Waals surface area (Å²) in [7, 11) is -2.02. The van der Waals surface area contributed by atoms with Gasteiger partial charge >= 0.3 is 5.97 Å². The summed E-state index contributed by atoms with van der Waals surface area (Å²) >= 11 is 1.13. The number of carbonyl (C=O) groups excluding carboxylic acids is 3. The van der Waals surface area contributed by atoms with Gasteiger partial charge in [0.05, 0.1) is 23.0 Å². The Morgan fingerprint density at radius 3 is 2.17 bits per heavy atom. The van der Waals surface area contributed by atoms with Gasteiger partial charge in [0, 0.05) is 22.9 Å². The summed E-state index contributed by atoms with van der Waals surface area (Å²) in [5.41, 5.74) is 0.535. The standard InChI is InChI=1S/C29H38N2O7SSi/c1-6-40(7-2,8-3)38-21(5)26-27(20(4)29(34)39-24-12-10-9-11-13-24)30(28(26)33)18-25(32)37-19-22-14-16-23(17-15-22)31(35)36/h9-17,20-21,26-27H,6-8,18-19H2,1-5H3/t20-,21-,26-,27-/m1/s1. The van der Waals surface area contributed by atoms with Gasteiger partial charge in [0.2, 0.25) is 5.91 Å². The molecule has 2 aromatic rings. The summed E-state index contributed by atoms with van der Waals surface area (Å²) in [6.45, 7) is 9.72. The maximum absolute atomic E-state index is 13.4. The van der Waals surface area contributed by atoms with E-state index in [9.17, 15) is 24.5 Å². The fourth-order valence-electron chi connectivity index (χ4n) is 5.21. The summed E-state index contributed by atoms with van der Waals surface area (Å²) in [6.07, 6.45) is -0.381. The van der Waals surface area contributed by atoms with Crippen LogP contribution in [0.5, 0.6) is 0 Å². The first-order valence-electron chi connectivity index (χ1n) is 13.7. The van der Waals surface area contributed by atoms with Crippen molar-refractivity contribution in [3.63, 3.8) is 0 Å². The molecular formula is C29H38N2O7SSi. The predicted molar refractivity (Wildman–Crippen MR) is 156 cm³/mol. The van der Waals surface area contributed by atoms with Crippen molar-refractivity contribution in [3.8, 4) is 0 Å². The van der Waals surface area contributed by atoms with Crippen molar-refractivity contribution in [1.29, 1.82) is 0 Å². The lowest BCUT2D eigenvalue weighted by Gasteiger charge is -2.52. The number of non-ortho nitro benzene ring substituents is 1. The first kappa shape index (κ1) is 31.5. The molecule has 1 aliphatic rings. The number of rotatable bonds is 14. The van der Waals surface area contributed by atoms with Gasteiger partial charge < -0.3 is 14.1 Å². The summed E-state index contributed by atoms with van der Waals surface area (Å²) in [4.78, 5) is 52.1. The zero-order valence-electron chi connectivity index (χ0n) is 23.7. The van der Waals surface area contributed by atoms with Crippen LogP contribution in [0.4, 0.5) is 5.69 Å². The zero-order chi connectivity index (χ0) is 29.4. The molecule has 0 spiro atoms. The van der Waals surface area contributed by atoms with Crippen LogP contribution in [0.3, 0.4) is 0 Å². The number of nitro benzene ring substituents is 1. The highest BCUT2D eigenvalue weighted by Crippen LogP contribution is 2.40. The molecule has 1 aliphatic heterocycles. The van der Waals surface area contributed by atoms with E-state index in [4.69, 9.17) is 9.16 Å². The number of likely N-dealkylation sites (tertiary alicyclic amines) is 1. The maximum atomic E-state index is 13.4. The van der Waals surface area contributed by atoms with Gasteiger partial charge in [0.15, 0.2) is 13.4 Å². The largest absolute Gasteiger partial charge is 0.459 e. The summed E-state index contributed by atoms with van der Waals surface area (Å²) in [6, 6.07) is 17.4. The second-order valence-electron chi connectivity index (χ2n) is 10.2. The van der Waals surface area contributed by atoms with Crippen molar-refractivity contribution >= 4 is 42.8 Å². The van der Waals surface area contributed by atoms with Crippen molar-refractivity contribution in [2.75, 3.05) is 6.54 Å². The second-order valence-corrected chi connectivity index (χ2v) is 16.0. The highest BCUT2D eigenvalue weighted by atomic mass is 32.2. The van der Waals surface area contributed by atoms with E-state index in [1.807, 2.05) is 37.3 Å². The van der Waals surface area contributed by atoms with Gasteiger partial charge in [-0.1, -0.05) is 57.7 Å². The summed E-state index contributed by atoms with van der Waals surface area (Å²) in [5.74, 6) is -1.91. The number of hydrogen-bond donors (Lipinski definition) is 0. The van der Waals surface area contributed by atoms with Crippen LogP contribution in [-0.2, 0) is 30.2 Å². The average molecular weight is 587 g/mol. The quantitative estimate of drug-likeness (QED) is 0.0678. The van der Waals surface area contributed by atoms with Gasteiger partial charge in [-0.2, -0.15) is 0 Å². The van der Waals surface area contributed by atoms with Crippen LogP contribution in [0.1, 0.15) is 40.2 Å². The highest BCUT2D eigenvalue weighted by Gasteiger charge is 2.55. The van der Waals surface area contributed by atoms with Crippen LogP contribution in [0.2, 0.25) is 18.1 Å². The minimum Gasteiger partial charge on any atom is -0.459 e. The number of esters is 1. The number of nitrogens with zero attached hydrogens (tertiary/aromatic N) is 2. The molecule has 2 aromatic carbocycles. The van der Waals surface area contributed by atoms with Gasteiger partial charge in [-0.15, -0.1) is 0 Å². The Bertz CT molecular complexity index is 1180. The molecule has 0 N–H and O–H groups in total. The molecule has 0 aliphatic carbocycles. The maximum Gasteiger partial charge on any atom is 0.325 e. The molecule has 0 saturated carbocycles. The molecule has 1 saturated heterocycles. The number of carbonyl (C=O) groups is 3. The van der Waals surface area contributed by atoms with Crippen molar-refractivity contribution < 1.29 is 28.5 Å². The van der Waals surface area contributed by atoms with Crippen LogP contribution in [-0.4, -0.2) is 53.8 Å². The van der Waals surface area contributed by atoms with E-state index in [0.717, 1.165) is 34.8 Å². The van der Waals surface area contributed by atoms with E-state index in [1.54, 1.807) is 6.92 Å². The van der Waals surface area contributed by atoms with Crippen molar-refractivity contribution in [1.82, 2.24) is 4.90 Å². The molecule has 1 heterocycles. The van der Waals surface area contributed by atoms with E-state index >= 15 is 0 Å². The predicted octanol–water partition coefficient (Wildman–Crippen LogP) is 5.83. The summed E-state index contributed by atoms with van der Waals surface area (Å²) < 4.78 is 12.0. The fraction of sp³-hybridized carbons (Fsp3) is 0.483. The Labute approximate surface area is 240 Å². The van der Waals surface area contributed by atoms with E-state index in [-0.39, 0.29) is 36.0 Å². The second kappa shape index (κ2) is 14.0. The lowest BCUT2D eigenvalue weighted by atomic mass is 9.77. The number of nitro groups is 1. The molecule has 216 valence electrons. The third-order valence-corrected chi connectivity index (χ3v) is 13.7. The van der Waals surface area contributed by atoms with Gasteiger partial charge in [0.25, 0.3) is 5.69 Å². The van der Waals surface area contributed by atoms with Crippen LogP contribution in [0.15, 0.2) is 59.5 Å². The van der Waals surface area contributed by atoms with E-state index in [1.165, 1.54) is 29.2 Å². The van der Waals surface area contributed by atoms with Crippen LogP contribution >= 0.6 is 11.8 Å². The zero-order valence-corrected chi connectivity index (χ0v) is 25.5. The monoisotopic (exact) mass is 586 g/mol. The van der Waals surface area contributed by atoms with E-state index in [0.29, 0.717) is 5.56 Å². The molecule has 0 radical (unpaired) electrons. The molecule has 0 unspecified atom stereocenters. The van der Waals surface area contributed by atoms with E-state index in [2.05, 4.69) is 20.8 Å². The third-order valence-electron chi connectivity index (χ3n) is 7.86. The Morgan fingerprint density at radius 2 is 1.62 bits per heavy atom. The molecule has 0 bridgehead atoms. The smallest absolute Gasteiger partial charge is 0.325 e. The number of thioether (sulfide) groups is 1. The topological polar surface area (TPSA) is 116 Å². The third kappa shape index (κ3) is 7.38. The molecule has 3 rings (SSSR count). The minimum absolute atomic E-state index is 0.0557. The fourth-order valence-corrected chi connectivity index (χ4v) is 8.99. The lowest BCUT2D eigenvalue weighted by molar-refractivity contribution is -0.384. The van der Waals surface area contributed by atoms with Gasteiger partial charge in [0.1, 0.15) is 13.2 Å². The molecule has 0 aromatic heterocycles. The highest BCUT2D eigenvalue weighted by molar-refractivity contribution is 8.13. The first-order chi connectivity index (χ1) is 19.1. The number of hydrogen-bond acceptors (Lipinski definition) is 8. The molecule has 1 fully saturated rings. The van der Waals surface area contributed by atoms with Crippen LogP contribution < -0.4 is 0 Å². The molecule has 1 amide bonds. The molecule has 40 heavy (non-hydrogen) atoms. The van der Waals surface area contributed by atoms with Gasteiger partial charge in [-0.3, -0.25) is 24.5 Å². The van der Waals surface area contributed by atoms with Crippen molar-refractivity contribution in [3.05, 3.63) is 70.3 Å². The average Bonchev–Trinajstić information content (AvgIpc) is 2.96. The number of ether oxygens (including phenoxy) is 1. The summed E-state index contributed by atoms with van der Waals surface area (Å²) in [5, 5.41) is 10.8. The normalized spacial score (nSPS) is 18.5. The van der Waals surface area contributed by atoms with Gasteiger partial charge in [-0.25, -0.2) is 0 Å². The lowest BCUT2D eigenvalue weighted by Crippen LogP contribution is -2.69. The molecule has 9 nitrogen and oxygen atoms in total. The molecular weight excluding hydrogens is 548 g/mol. The van der Waals surface area contributed by atoms with Crippen molar-refractivity contribution in [2.45, 2.75) is 76.4 Å². The van der Waals surface area contributed by atoms with Crippen LogP contribution in [0.25, 0.3) is 0 Å². The minimum atomic E-state index is -2.02. The number of amides is 1.